The van der Waals surface area contributed by atoms with Crippen LogP contribution in [0, 0.1) is 0 Å². The maximum absolute atomic E-state index is 12.3. The molecule has 2 unspecified atom stereocenters. The van der Waals surface area contributed by atoms with Crippen LogP contribution in [0.3, 0.4) is 0 Å². The van der Waals surface area contributed by atoms with E-state index in [0.717, 1.165) is 17.3 Å². The number of nitrogens with zero attached hydrogens (tertiary/aromatic N) is 3. The van der Waals surface area contributed by atoms with Gasteiger partial charge in [0.2, 0.25) is 5.91 Å². The summed E-state index contributed by atoms with van der Waals surface area (Å²) in [6, 6.07) is 8.81. The topological polar surface area (TPSA) is 123 Å². The number of hydrogen-bond donors (Lipinski definition) is 2. The van der Waals surface area contributed by atoms with E-state index in [2.05, 4.69) is 20.8 Å². The summed E-state index contributed by atoms with van der Waals surface area (Å²) >= 11 is 1.16. The Hall–Kier alpha value is -2.40. The van der Waals surface area contributed by atoms with Gasteiger partial charge in [0.1, 0.15) is 5.82 Å². The van der Waals surface area contributed by atoms with Gasteiger partial charge in [0.05, 0.1) is 16.8 Å². The van der Waals surface area contributed by atoms with Crippen LogP contribution in [-0.4, -0.2) is 51.9 Å². The molecular formula is C18H23N5O4S2. The molecule has 2 aromatic rings. The van der Waals surface area contributed by atoms with Gasteiger partial charge in [0, 0.05) is 19.5 Å². The summed E-state index contributed by atoms with van der Waals surface area (Å²) in [5, 5.41) is 13.1. The zero-order chi connectivity index (χ0) is 21.0. The molecule has 2 atom stereocenters. The first-order valence-electron chi connectivity index (χ1n) is 9.14. The van der Waals surface area contributed by atoms with Crippen LogP contribution in [0.1, 0.15) is 30.7 Å². The molecule has 29 heavy (non-hydrogen) atoms. The molecule has 1 aromatic carbocycles. The molecule has 1 aliphatic rings. The lowest BCUT2D eigenvalue weighted by Gasteiger charge is -2.12. The van der Waals surface area contributed by atoms with Gasteiger partial charge in [-0.1, -0.05) is 42.1 Å². The van der Waals surface area contributed by atoms with E-state index in [0.29, 0.717) is 23.9 Å². The van der Waals surface area contributed by atoms with Gasteiger partial charge < -0.3 is 9.88 Å². The fourth-order valence-corrected chi connectivity index (χ4v) is 5.59. The molecule has 1 saturated heterocycles. The number of nitrogens with one attached hydrogen (secondary N) is 2. The molecule has 11 heteroatoms. The van der Waals surface area contributed by atoms with Crippen molar-refractivity contribution in [2.45, 2.75) is 36.2 Å². The predicted octanol–water partition coefficient (Wildman–Crippen LogP) is 1.22. The number of carbonyl (C=O) groups is 2. The number of rotatable bonds is 6. The normalized spacial score (nSPS) is 18.9. The first-order valence-corrected chi connectivity index (χ1v) is 11.8. The van der Waals surface area contributed by atoms with Gasteiger partial charge in [-0.2, -0.15) is 0 Å². The third kappa shape index (κ3) is 5.57. The molecule has 3 amide bonds. The molecule has 0 bridgehead atoms. The van der Waals surface area contributed by atoms with Crippen LogP contribution in [0.15, 0.2) is 35.5 Å². The van der Waals surface area contributed by atoms with E-state index < -0.39 is 27.0 Å². The summed E-state index contributed by atoms with van der Waals surface area (Å²) in [4.78, 5) is 24.2. The lowest BCUT2D eigenvalue weighted by molar-refractivity contribution is -0.119. The Morgan fingerprint density at radius 1 is 1.28 bits per heavy atom. The molecule has 0 saturated carbocycles. The van der Waals surface area contributed by atoms with Crippen molar-refractivity contribution in [1.29, 1.82) is 0 Å². The van der Waals surface area contributed by atoms with Crippen LogP contribution in [0.2, 0.25) is 0 Å². The molecule has 1 fully saturated rings. The van der Waals surface area contributed by atoms with Gasteiger partial charge in [0.15, 0.2) is 15.0 Å². The van der Waals surface area contributed by atoms with Crippen molar-refractivity contribution in [3.63, 3.8) is 0 Å². The predicted molar refractivity (Wildman–Crippen MR) is 109 cm³/mol. The molecule has 1 aliphatic heterocycles. The van der Waals surface area contributed by atoms with Crippen molar-refractivity contribution in [2.75, 3.05) is 11.5 Å². The Bertz CT molecular complexity index is 991. The van der Waals surface area contributed by atoms with Gasteiger partial charge in [-0.25, -0.2) is 13.2 Å². The SMILES string of the molecule is CC(Sc1nnc(C2CCS(=O)(=O)C2)n1C)C(=O)NC(=O)NCc1ccccc1. The first kappa shape index (κ1) is 21.3. The summed E-state index contributed by atoms with van der Waals surface area (Å²) < 4.78 is 25.1. The monoisotopic (exact) mass is 437 g/mol. The number of amides is 3. The molecule has 156 valence electrons. The zero-order valence-corrected chi connectivity index (χ0v) is 17.8. The smallest absolute Gasteiger partial charge is 0.321 e. The number of hydrogen-bond acceptors (Lipinski definition) is 7. The highest BCUT2D eigenvalue weighted by Gasteiger charge is 2.33. The van der Waals surface area contributed by atoms with Crippen LogP contribution in [0.4, 0.5) is 4.79 Å². The van der Waals surface area contributed by atoms with Gasteiger partial charge in [0.25, 0.3) is 0 Å². The van der Waals surface area contributed by atoms with Crippen molar-refractivity contribution in [3.05, 3.63) is 41.7 Å². The fraction of sp³-hybridized carbons (Fsp3) is 0.444. The summed E-state index contributed by atoms with van der Waals surface area (Å²) in [7, 11) is -1.27. The van der Waals surface area contributed by atoms with Gasteiger partial charge >= 0.3 is 6.03 Å². The molecule has 3 rings (SSSR count). The molecule has 1 aromatic heterocycles. The van der Waals surface area contributed by atoms with Crippen molar-refractivity contribution in [1.82, 2.24) is 25.4 Å². The van der Waals surface area contributed by atoms with E-state index in [-0.39, 0.29) is 17.4 Å². The van der Waals surface area contributed by atoms with Crippen LogP contribution in [0.25, 0.3) is 0 Å². The molecule has 2 heterocycles. The Labute approximate surface area is 173 Å². The van der Waals surface area contributed by atoms with E-state index in [1.54, 1.807) is 18.5 Å². The Morgan fingerprint density at radius 3 is 2.66 bits per heavy atom. The average molecular weight is 438 g/mol. The maximum atomic E-state index is 12.3. The molecule has 0 radical (unpaired) electrons. The summed E-state index contributed by atoms with van der Waals surface area (Å²) in [6.45, 7) is 1.98. The van der Waals surface area contributed by atoms with Gasteiger partial charge in [-0.3, -0.25) is 10.1 Å². The average Bonchev–Trinajstić information content (AvgIpc) is 3.22. The first-order chi connectivity index (χ1) is 13.7. The van der Waals surface area contributed by atoms with Crippen LogP contribution in [0.5, 0.6) is 0 Å². The standard InChI is InChI=1S/C18H23N5O4S2/c1-12(16(24)20-17(25)19-10-13-6-4-3-5-7-13)28-18-22-21-15(23(18)2)14-8-9-29(26,27)11-14/h3-7,12,14H,8-11H2,1-2H3,(H2,19,20,24,25). The lowest BCUT2D eigenvalue weighted by atomic mass is 10.1. The van der Waals surface area contributed by atoms with Crippen molar-refractivity contribution in [2.24, 2.45) is 7.05 Å². The van der Waals surface area contributed by atoms with Crippen molar-refractivity contribution >= 4 is 33.5 Å². The minimum atomic E-state index is -3.02. The van der Waals surface area contributed by atoms with Gasteiger partial charge in [-0.05, 0) is 18.9 Å². The van der Waals surface area contributed by atoms with Crippen LogP contribution < -0.4 is 10.6 Å². The van der Waals surface area contributed by atoms with E-state index in [4.69, 9.17) is 0 Å². The van der Waals surface area contributed by atoms with Crippen LogP contribution >= 0.6 is 11.8 Å². The second kappa shape index (κ2) is 8.95. The summed E-state index contributed by atoms with van der Waals surface area (Å²) in [6.07, 6.45) is 0.524. The highest BCUT2D eigenvalue weighted by Crippen LogP contribution is 2.30. The van der Waals surface area contributed by atoms with E-state index in [9.17, 15) is 18.0 Å². The molecule has 0 aliphatic carbocycles. The van der Waals surface area contributed by atoms with Gasteiger partial charge in [-0.15, -0.1) is 10.2 Å². The Morgan fingerprint density at radius 2 is 2.00 bits per heavy atom. The van der Waals surface area contributed by atoms with Crippen LogP contribution in [-0.2, 0) is 28.2 Å². The van der Waals surface area contributed by atoms with E-state index >= 15 is 0 Å². The third-order valence-corrected chi connectivity index (χ3v) is 7.55. The van der Waals surface area contributed by atoms with Crippen molar-refractivity contribution in [3.8, 4) is 0 Å². The largest absolute Gasteiger partial charge is 0.334 e. The third-order valence-electron chi connectivity index (χ3n) is 4.65. The zero-order valence-electron chi connectivity index (χ0n) is 16.2. The lowest BCUT2D eigenvalue weighted by Crippen LogP contribution is -2.42. The summed E-state index contributed by atoms with van der Waals surface area (Å²) in [5.74, 6) is 0.195. The highest BCUT2D eigenvalue weighted by atomic mass is 32.2. The number of thioether (sulfide) groups is 1. The van der Waals surface area contributed by atoms with E-state index in [1.807, 2.05) is 30.3 Å². The molecular weight excluding hydrogens is 414 g/mol. The molecule has 9 nitrogen and oxygen atoms in total. The molecule has 0 spiro atoms. The number of benzene rings is 1. The molecule has 2 N–H and O–H groups in total. The van der Waals surface area contributed by atoms with Crippen molar-refractivity contribution < 1.29 is 18.0 Å². The minimum Gasteiger partial charge on any atom is -0.334 e. The quantitative estimate of drug-likeness (QED) is 0.652. The second-order valence-corrected chi connectivity index (χ2v) is 10.5. The highest BCUT2D eigenvalue weighted by molar-refractivity contribution is 8.00. The minimum absolute atomic E-state index is 0.0707. The Kier molecular flexibility index (Phi) is 6.58. The number of imide groups is 1. The number of urea groups is 1. The Balaban J connectivity index is 1.52. The number of sulfone groups is 1. The fourth-order valence-electron chi connectivity index (χ4n) is 3.03. The second-order valence-electron chi connectivity index (χ2n) is 6.92. The maximum Gasteiger partial charge on any atom is 0.321 e. The number of carbonyl (C=O) groups excluding carboxylic acids is 2. The summed E-state index contributed by atoms with van der Waals surface area (Å²) in [5.41, 5.74) is 0.929. The number of aromatic nitrogens is 3. The van der Waals surface area contributed by atoms with E-state index in [1.165, 1.54) is 0 Å².